The van der Waals surface area contributed by atoms with Crippen molar-refractivity contribution < 1.29 is 9.47 Å². The molecule has 0 unspecified atom stereocenters. The van der Waals surface area contributed by atoms with Crippen LogP contribution in [0.4, 0.5) is 0 Å². The highest BCUT2D eigenvalue weighted by atomic mass is 32.2. The third-order valence-electron chi connectivity index (χ3n) is 2.86. The highest BCUT2D eigenvalue weighted by Gasteiger charge is 2.08. The summed E-state index contributed by atoms with van der Waals surface area (Å²) in [6.45, 7) is 3.05. The summed E-state index contributed by atoms with van der Waals surface area (Å²) in [6.07, 6.45) is 2.04. The van der Waals surface area contributed by atoms with E-state index in [2.05, 4.69) is 6.07 Å². The van der Waals surface area contributed by atoms with Gasteiger partial charge in [-0.15, -0.1) is 11.8 Å². The molecule has 0 heterocycles. The summed E-state index contributed by atoms with van der Waals surface area (Å²) >= 11 is 1.67. The lowest BCUT2D eigenvalue weighted by Gasteiger charge is -2.13. The molecule has 0 saturated carbocycles. The zero-order chi connectivity index (χ0) is 14.4. The van der Waals surface area contributed by atoms with Gasteiger partial charge in [0.15, 0.2) is 0 Å². The molecule has 0 aromatic heterocycles. The molecule has 0 fully saturated rings. The van der Waals surface area contributed by atoms with E-state index in [9.17, 15) is 0 Å². The molecule has 0 saturated heterocycles. The lowest BCUT2D eigenvalue weighted by atomic mass is 10.2. The van der Waals surface area contributed by atoms with Crippen molar-refractivity contribution in [2.24, 2.45) is 5.73 Å². The van der Waals surface area contributed by atoms with Crippen LogP contribution < -0.4 is 15.2 Å². The molecule has 2 aromatic rings. The van der Waals surface area contributed by atoms with Crippen LogP contribution in [0.2, 0.25) is 0 Å². The van der Waals surface area contributed by atoms with Gasteiger partial charge >= 0.3 is 0 Å². The number of benzene rings is 2. The second kappa shape index (κ2) is 7.22. The third kappa shape index (κ3) is 3.46. The Hall–Kier alpha value is -1.65. The van der Waals surface area contributed by atoms with Crippen molar-refractivity contribution in [1.82, 2.24) is 0 Å². The van der Waals surface area contributed by atoms with Gasteiger partial charge in [-0.05, 0) is 37.4 Å². The SMILES string of the molecule is CCOc1cccc(Oc2cccc(SC)c2CN)c1. The quantitative estimate of drug-likeness (QED) is 0.815. The minimum Gasteiger partial charge on any atom is -0.494 e. The Morgan fingerprint density at radius 3 is 2.55 bits per heavy atom. The smallest absolute Gasteiger partial charge is 0.133 e. The van der Waals surface area contributed by atoms with Crippen LogP contribution in [-0.2, 0) is 6.54 Å². The minimum atomic E-state index is 0.456. The van der Waals surface area contributed by atoms with Crippen molar-refractivity contribution in [3.63, 3.8) is 0 Å². The summed E-state index contributed by atoms with van der Waals surface area (Å²) in [7, 11) is 0. The maximum absolute atomic E-state index is 5.96. The van der Waals surface area contributed by atoms with E-state index in [1.54, 1.807) is 11.8 Å². The minimum absolute atomic E-state index is 0.456. The molecule has 2 aromatic carbocycles. The Morgan fingerprint density at radius 2 is 1.85 bits per heavy atom. The van der Waals surface area contributed by atoms with Crippen LogP contribution in [0, 0.1) is 0 Å². The first-order valence-electron chi connectivity index (χ1n) is 6.55. The van der Waals surface area contributed by atoms with E-state index in [1.807, 2.05) is 49.6 Å². The lowest BCUT2D eigenvalue weighted by molar-refractivity contribution is 0.338. The standard InChI is InChI=1S/C16H19NO2S/c1-3-18-12-6-4-7-13(10-12)19-15-8-5-9-16(20-2)14(15)11-17/h4-10H,3,11,17H2,1-2H3. The molecule has 0 aliphatic heterocycles. The van der Waals surface area contributed by atoms with Crippen LogP contribution in [0.3, 0.4) is 0 Å². The van der Waals surface area contributed by atoms with Gasteiger partial charge in [0.2, 0.25) is 0 Å². The molecule has 20 heavy (non-hydrogen) atoms. The Bertz CT molecular complexity index is 572. The fourth-order valence-corrected chi connectivity index (χ4v) is 2.60. The van der Waals surface area contributed by atoms with E-state index < -0.39 is 0 Å². The number of nitrogens with two attached hydrogens (primary N) is 1. The van der Waals surface area contributed by atoms with E-state index in [4.69, 9.17) is 15.2 Å². The van der Waals surface area contributed by atoms with E-state index >= 15 is 0 Å². The van der Waals surface area contributed by atoms with Gasteiger partial charge in [0.25, 0.3) is 0 Å². The van der Waals surface area contributed by atoms with Crippen LogP contribution in [-0.4, -0.2) is 12.9 Å². The summed E-state index contributed by atoms with van der Waals surface area (Å²) in [6, 6.07) is 13.6. The van der Waals surface area contributed by atoms with E-state index in [0.717, 1.165) is 27.7 Å². The molecule has 4 heteroatoms. The second-order valence-corrected chi connectivity index (χ2v) is 5.00. The molecule has 3 nitrogen and oxygen atoms in total. The number of ether oxygens (including phenoxy) is 2. The molecule has 0 atom stereocenters. The van der Waals surface area contributed by atoms with Gasteiger partial charge in [-0.3, -0.25) is 0 Å². The number of thioether (sulfide) groups is 1. The van der Waals surface area contributed by atoms with E-state index in [0.29, 0.717) is 13.2 Å². The summed E-state index contributed by atoms with van der Waals surface area (Å²) in [5.74, 6) is 2.36. The van der Waals surface area contributed by atoms with Crippen LogP contribution in [0.5, 0.6) is 17.2 Å². The van der Waals surface area contributed by atoms with E-state index in [1.165, 1.54) is 0 Å². The average molecular weight is 289 g/mol. The van der Waals surface area contributed by atoms with Gasteiger partial charge in [-0.2, -0.15) is 0 Å². The van der Waals surface area contributed by atoms with Crippen molar-refractivity contribution in [1.29, 1.82) is 0 Å². The van der Waals surface area contributed by atoms with Gasteiger partial charge in [0, 0.05) is 23.1 Å². The predicted octanol–water partition coefficient (Wildman–Crippen LogP) is 4.06. The van der Waals surface area contributed by atoms with Crippen LogP contribution >= 0.6 is 11.8 Å². The molecule has 0 spiro atoms. The van der Waals surface area contributed by atoms with Gasteiger partial charge in [0.1, 0.15) is 17.2 Å². The van der Waals surface area contributed by atoms with Crippen LogP contribution in [0.15, 0.2) is 47.4 Å². The molecule has 106 valence electrons. The summed E-state index contributed by atoms with van der Waals surface area (Å²) < 4.78 is 11.4. The maximum Gasteiger partial charge on any atom is 0.133 e. The van der Waals surface area contributed by atoms with Gasteiger partial charge in [-0.1, -0.05) is 12.1 Å². The van der Waals surface area contributed by atoms with Crippen molar-refractivity contribution in [3.8, 4) is 17.2 Å². The van der Waals surface area contributed by atoms with Crippen LogP contribution in [0.1, 0.15) is 12.5 Å². The van der Waals surface area contributed by atoms with Crippen molar-refractivity contribution in [2.75, 3.05) is 12.9 Å². The monoisotopic (exact) mass is 289 g/mol. The normalized spacial score (nSPS) is 10.3. The number of hydrogen-bond acceptors (Lipinski definition) is 4. The zero-order valence-corrected chi connectivity index (χ0v) is 12.6. The fraction of sp³-hybridized carbons (Fsp3) is 0.250. The van der Waals surface area contributed by atoms with Crippen molar-refractivity contribution >= 4 is 11.8 Å². The number of hydrogen-bond donors (Lipinski definition) is 1. The highest BCUT2D eigenvalue weighted by molar-refractivity contribution is 7.98. The largest absolute Gasteiger partial charge is 0.494 e. The molecule has 0 aliphatic rings. The Morgan fingerprint density at radius 1 is 1.10 bits per heavy atom. The predicted molar refractivity (Wildman–Crippen MR) is 83.8 cm³/mol. The lowest BCUT2D eigenvalue weighted by Crippen LogP contribution is -2.01. The van der Waals surface area contributed by atoms with Crippen molar-refractivity contribution in [3.05, 3.63) is 48.0 Å². The second-order valence-electron chi connectivity index (χ2n) is 4.15. The first kappa shape index (κ1) is 14.8. The van der Waals surface area contributed by atoms with Crippen LogP contribution in [0.25, 0.3) is 0 Å². The summed E-state index contributed by atoms with van der Waals surface area (Å²) in [5, 5.41) is 0. The number of rotatable bonds is 6. The van der Waals surface area contributed by atoms with Crippen molar-refractivity contribution in [2.45, 2.75) is 18.4 Å². The Labute approximate surface area is 124 Å². The molecule has 2 N–H and O–H groups in total. The molecule has 0 aliphatic carbocycles. The Kier molecular flexibility index (Phi) is 5.32. The summed E-state index contributed by atoms with van der Waals surface area (Å²) in [4.78, 5) is 1.14. The first-order chi connectivity index (χ1) is 9.78. The zero-order valence-electron chi connectivity index (χ0n) is 11.8. The first-order valence-corrected chi connectivity index (χ1v) is 7.77. The average Bonchev–Trinajstić information content (AvgIpc) is 2.47. The third-order valence-corrected chi connectivity index (χ3v) is 3.68. The molecule has 2 rings (SSSR count). The molecule has 0 bridgehead atoms. The topological polar surface area (TPSA) is 44.5 Å². The van der Waals surface area contributed by atoms with E-state index in [-0.39, 0.29) is 0 Å². The molecule has 0 radical (unpaired) electrons. The maximum atomic E-state index is 5.96. The molecule has 0 amide bonds. The highest BCUT2D eigenvalue weighted by Crippen LogP contribution is 2.32. The summed E-state index contributed by atoms with van der Waals surface area (Å²) in [5.41, 5.74) is 6.87. The Balaban J connectivity index is 2.27. The fourth-order valence-electron chi connectivity index (χ4n) is 1.95. The van der Waals surface area contributed by atoms with Gasteiger partial charge in [0.05, 0.1) is 6.61 Å². The van der Waals surface area contributed by atoms with Gasteiger partial charge in [-0.25, -0.2) is 0 Å². The van der Waals surface area contributed by atoms with Gasteiger partial charge < -0.3 is 15.2 Å². The molecular formula is C16H19NO2S. The molecular weight excluding hydrogens is 270 g/mol.